The first-order valence-electron chi connectivity index (χ1n) is 8.30. The zero-order valence-corrected chi connectivity index (χ0v) is 15.4. The lowest BCUT2D eigenvalue weighted by atomic mass is 10.1. The highest BCUT2D eigenvalue weighted by Crippen LogP contribution is 2.48. The van der Waals surface area contributed by atoms with Crippen LogP contribution in [0.15, 0.2) is 71.5 Å². The molecule has 5 nitrogen and oxygen atoms in total. The summed E-state index contributed by atoms with van der Waals surface area (Å²) >= 11 is 3.48. The van der Waals surface area contributed by atoms with Crippen molar-refractivity contribution in [2.75, 3.05) is 5.32 Å². The number of halogens is 1. The van der Waals surface area contributed by atoms with Crippen molar-refractivity contribution in [3.05, 3.63) is 77.0 Å². The topological polar surface area (TPSA) is 64.1 Å². The Morgan fingerprint density at radius 1 is 1.08 bits per heavy atom. The number of anilines is 1. The van der Waals surface area contributed by atoms with Gasteiger partial charge in [-0.2, -0.15) is 0 Å². The third-order valence-corrected chi connectivity index (χ3v) is 4.77. The van der Waals surface area contributed by atoms with Crippen molar-refractivity contribution < 1.29 is 9.53 Å². The molecule has 1 aliphatic rings. The van der Waals surface area contributed by atoms with E-state index >= 15 is 0 Å². The van der Waals surface area contributed by atoms with Crippen molar-refractivity contribution in [2.24, 2.45) is 5.92 Å². The fourth-order valence-electron chi connectivity index (χ4n) is 2.88. The van der Waals surface area contributed by atoms with E-state index in [1.54, 1.807) is 30.6 Å². The van der Waals surface area contributed by atoms with E-state index in [1.807, 2.05) is 24.3 Å². The van der Waals surface area contributed by atoms with Crippen molar-refractivity contribution in [3.63, 3.8) is 0 Å². The highest BCUT2D eigenvalue weighted by Gasteiger charge is 2.43. The summed E-state index contributed by atoms with van der Waals surface area (Å²) in [5.41, 5.74) is 1.95. The maximum Gasteiger partial charge on any atom is 0.321 e. The molecule has 1 aliphatic carbocycles. The van der Waals surface area contributed by atoms with E-state index < -0.39 is 0 Å². The molecular weight excluding hydrogens is 394 g/mol. The van der Waals surface area contributed by atoms with E-state index in [2.05, 4.69) is 43.3 Å². The molecule has 0 spiro atoms. The van der Waals surface area contributed by atoms with E-state index in [0.717, 1.165) is 16.6 Å². The summed E-state index contributed by atoms with van der Waals surface area (Å²) in [5, 5.41) is 2.97. The van der Waals surface area contributed by atoms with Gasteiger partial charge in [0.05, 0.1) is 0 Å². The Bertz CT molecular complexity index is 916. The van der Waals surface area contributed by atoms with Crippen LogP contribution in [0.4, 0.5) is 5.69 Å². The van der Waals surface area contributed by atoms with Crippen LogP contribution in [-0.2, 0) is 4.79 Å². The van der Waals surface area contributed by atoms with E-state index in [9.17, 15) is 4.79 Å². The average molecular weight is 410 g/mol. The molecule has 130 valence electrons. The molecule has 2 aromatic carbocycles. The molecule has 1 N–H and O–H groups in total. The van der Waals surface area contributed by atoms with Gasteiger partial charge in [0.15, 0.2) is 0 Å². The summed E-state index contributed by atoms with van der Waals surface area (Å²) in [6, 6.07) is 17.3. The van der Waals surface area contributed by atoms with Crippen LogP contribution in [0.1, 0.15) is 17.9 Å². The molecule has 1 amide bonds. The van der Waals surface area contributed by atoms with Crippen molar-refractivity contribution in [1.82, 2.24) is 9.97 Å². The maximum atomic E-state index is 12.4. The highest BCUT2D eigenvalue weighted by molar-refractivity contribution is 9.10. The molecule has 2 unspecified atom stereocenters. The molecule has 4 rings (SSSR count). The fraction of sp³-hybridized carbons (Fsp3) is 0.150. The lowest BCUT2D eigenvalue weighted by Crippen LogP contribution is -2.14. The molecule has 0 bridgehead atoms. The predicted molar refractivity (Wildman–Crippen MR) is 102 cm³/mol. The average Bonchev–Trinajstić information content (AvgIpc) is 3.45. The van der Waals surface area contributed by atoms with E-state index in [4.69, 9.17) is 4.74 Å². The second kappa shape index (κ2) is 7.25. The Hall–Kier alpha value is -2.73. The van der Waals surface area contributed by atoms with Crippen LogP contribution in [-0.4, -0.2) is 15.9 Å². The van der Waals surface area contributed by atoms with E-state index in [1.165, 1.54) is 5.56 Å². The number of nitrogens with one attached hydrogen (secondary N) is 1. The molecule has 1 heterocycles. The zero-order valence-electron chi connectivity index (χ0n) is 13.8. The van der Waals surface area contributed by atoms with Crippen LogP contribution in [0, 0.1) is 5.92 Å². The molecule has 0 aliphatic heterocycles. The monoisotopic (exact) mass is 409 g/mol. The Labute approximate surface area is 159 Å². The number of benzene rings is 2. The van der Waals surface area contributed by atoms with Crippen LogP contribution < -0.4 is 10.1 Å². The summed E-state index contributed by atoms with van der Waals surface area (Å²) in [6.07, 6.45) is 4.12. The first-order valence-corrected chi connectivity index (χ1v) is 9.09. The number of hydrogen-bond acceptors (Lipinski definition) is 4. The normalized spacial score (nSPS) is 18.2. The maximum absolute atomic E-state index is 12.4. The van der Waals surface area contributed by atoms with Crippen molar-refractivity contribution in [2.45, 2.75) is 12.3 Å². The van der Waals surface area contributed by atoms with Gasteiger partial charge in [-0.1, -0.05) is 28.1 Å². The van der Waals surface area contributed by atoms with Gasteiger partial charge >= 0.3 is 6.01 Å². The summed E-state index contributed by atoms with van der Waals surface area (Å²) in [6.45, 7) is 0. The van der Waals surface area contributed by atoms with Crippen molar-refractivity contribution >= 4 is 27.5 Å². The molecule has 3 aromatic rings. The zero-order chi connectivity index (χ0) is 17.9. The third kappa shape index (κ3) is 3.91. The lowest BCUT2D eigenvalue weighted by molar-refractivity contribution is -0.117. The SMILES string of the molecule is O=C(Nc1ccc(Oc2ncccn2)cc1)C1CC1c1cccc(Br)c1. The number of carbonyl (C=O) groups is 1. The molecule has 0 saturated heterocycles. The minimum Gasteiger partial charge on any atom is -0.424 e. The van der Waals surface area contributed by atoms with Gasteiger partial charge < -0.3 is 10.1 Å². The van der Waals surface area contributed by atoms with E-state index in [-0.39, 0.29) is 11.8 Å². The van der Waals surface area contributed by atoms with Gasteiger partial charge in [0.1, 0.15) is 5.75 Å². The van der Waals surface area contributed by atoms with Gasteiger partial charge in [0, 0.05) is 28.5 Å². The van der Waals surface area contributed by atoms with Crippen LogP contribution in [0.2, 0.25) is 0 Å². The molecular formula is C20H16BrN3O2. The van der Waals surface area contributed by atoms with E-state index in [0.29, 0.717) is 17.7 Å². The van der Waals surface area contributed by atoms with Crippen LogP contribution in [0.5, 0.6) is 11.8 Å². The summed E-state index contributed by atoms with van der Waals surface area (Å²) in [4.78, 5) is 20.5. The fourth-order valence-corrected chi connectivity index (χ4v) is 3.29. The van der Waals surface area contributed by atoms with Gasteiger partial charge in [-0.05, 0) is 60.4 Å². The Morgan fingerprint density at radius 2 is 1.85 bits per heavy atom. The number of ether oxygens (including phenoxy) is 1. The number of nitrogens with zero attached hydrogens (tertiary/aromatic N) is 2. The minimum absolute atomic E-state index is 0.0259. The minimum atomic E-state index is 0.0259. The van der Waals surface area contributed by atoms with Gasteiger partial charge in [-0.15, -0.1) is 0 Å². The van der Waals surface area contributed by atoms with Crippen LogP contribution in [0.25, 0.3) is 0 Å². The number of rotatable bonds is 5. The third-order valence-electron chi connectivity index (χ3n) is 4.28. The van der Waals surface area contributed by atoms with Crippen molar-refractivity contribution in [3.8, 4) is 11.8 Å². The van der Waals surface area contributed by atoms with Crippen LogP contribution in [0.3, 0.4) is 0 Å². The summed E-state index contributed by atoms with van der Waals surface area (Å²) < 4.78 is 6.59. The Balaban J connectivity index is 1.35. The van der Waals surface area contributed by atoms with Gasteiger partial charge in [0.25, 0.3) is 0 Å². The molecule has 0 radical (unpaired) electrons. The second-order valence-electron chi connectivity index (χ2n) is 6.15. The van der Waals surface area contributed by atoms with Crippen LogP contribution >= 0.6 is 15.9 Å². The predicted octanol–water partition coefficient (Wildman–Crippen LogP) is 4.77. The van der Waals surface area contributed by atoms with Gasteiger partial charge in [0.2, 0.25) is 5.91 Å². The number of hydrogen-bond donors (Lipinski definition) is 1. The summed E-state index contributed by atoms with van der Waals surface area (Å²) in [7, 11) is 0. The molecule has 1 aromatic heterocycles. The molecule has 1 fully saturated rings. The number of amides is 1. The Morgan fingerprint density at radius 3 is 2.58 bits per heavy atom. The number of aromatic nitrogens is 2. The second-order valence-corrected chi connectivity index (χ2v) is 7.07. The Kier molecular flexibility index (Phi) is 4.67. The molecule has 26 heavy (non-hydrogen) atoms. The largest absolute Gasteiger partial charge is 0.424 e. The molecule has 6 heteroatoms. The first kappa shape index (κ1) is 16.7. The van der Waals surface area contributed by atoms with Gasteiger partial charge in [-0.25, -0.2) is 9.97 Å². The van der Waals surface area contributed by atoms with Crippen molar-refractivity contribution in [1.29, 1.82) is 0 Å². The lowest BCUT2D eigenvalue weighted by Gasteiger charge is -2.07. The standard InChI is InChI=1S/C20H16BrN3O2/c21-14-4-1-3-13(11-14)17-12-18(17)19(25)24-15-5-7-16(8-6-15)26-20-22-9-2-10-23-20/h1-11,17-18H,12H2,(H,24,25). The molecule has 1 saturated carbocycles. The van der Waals surface area contributed by atoms with Gasteiger partial charge in [-0.3, -0.25) is 4.79 Å². The first-order chi connectivity index (χ1) is 12.7. The molecule has 2 atom stereocenters. The number of carbonyl (C=O) groups excluding carboxylic acids is 1. The summed E-state index contributed by atoms with van der Waals surface area (Å²) in [5.74, 6) is 0.992. The quantitative estimate of drug-likeness (QED) is 0.658. The highest BCUT2D eigenvalue weighted by atomic mass is 79.9. The smallest absolute Gasteiger partial charge is 0.321 e.